The summed E-state index contributed by atoms with van der Waals surface area (Å²) in [5.41, 5.74) is 0. The lowest BCUT2D eigenvalue weighted by atomic mass is 10.3. The van der Waals surface area contributed by atoms with Gasteiger partial charge in [0.2, 0.25) is 0 Å². The van der Waals surface area contributed by atoms with Crippen molar-refractivity contribution in [2.24, 2.45) is 0 Å². The van der Waals surface area contributed by atoms with Gasteiger partial charge in [0.25, 0.3) is 0 Å². The molecule has 1 saturated carbocycles. The van der Waals surface area contributed by atoms with Crippen molar-refractivity contribution < 1.29 is 0 Å². The van der Waals surface area contributed by atoms with Gasteiger partial charge < -0.3 is 0 Å². The summed E-state index contributed by atoms with van der Waals surface area (Å²) in [6.45, 7) is 0. The van der Waals surface area contributed by atoms with E-state index < -0.39 is 0 Å². The summed E-state index contributed by atoms with van der Waals surface area (Å²) < 4.78 is 0. The van der Waals surface area contributed by atoms with E-state index in [4.69, 9.17) is 0 Å². The molecule has 0 atom stereocenters. The van der Waals surface area contributed by atoms with Gasteiger partial charge in [0.05, 0.1) is 0 Å². The molecule has 0 unspecified atom stereocenters. The van der Waals surface area contributed by atoms with Crippen LogP contribution in [0.25, 0.3) is 0 Å². The van der Waals surface area contributed by atoms with Crippen LogP contribution in [0.1, 0.15) is 23.6 Å². The third kappa shape index (κ3) is 0.671. The van der Waals surface area contributed by atoms with E-state index in [1.807, 2.05) is 16.7 Å². The van der Waals surface area contributed by atoms with Crippen LogP contribution in [-0.2, 0) is 0 Å². The van der Waals surface area contributed by atoms with E-state index in [0.717, 1.165) is 5.92 Å². The fraction of sp³-hybridized carbons (Fsp3) is 0.429. The molecule has 8 heavy (non-hydrogen) atoms. The van der Waals surface area contributed by atoms with Gasteiger partial charge in [0, 0.05) is 4.88 Å². The Kier molecular flexibility index (Phi) is 0.908. The molecule has 1 aromatic heterocycles. The van der Waals surface area contributed by atoms with Crippen molar-refractivity contribution in [3.8, 4) is 0 Å². The first-order chi connectivity index (χ1) is 3.97. The van der Waals surface area contributed by atoms with Crippen LogP contribution in [0, 0.1) is 6.07 Å². The molecule has 41 valence electrons. The Labute approximate surface area is 53.2 Å². The molecule has 0 nitrogen and oxygen atoms in total. The lowest BCUT2D eigenvalue weighted by molar-refractivity contribution is 1.18. The first-order valence-electron chi connectivity index (χ1n) is 2.91. The summed E-state index contributed by atoms with van der Waals surface area (Å²) >= 11 is 1.84. The monoisotopic (exact) mass is 123 g/mol. The van der Waals surface area contributed by atoms with Gasteiger partial charge in [-0.25, -0.2) is 0 Å². The average molecular weight is 123 g/mol. The van der Waals surface area contributed by atoms with E-state index in [1.165, 1.54) is 17.7 Å². The molecule has 0 spiro atoms. The Balaban J connectivity index is 2.28. The SMILES string of the molecule is [c]1csc(C2CC2)c1. The van der Waals surface area contributed by atoms with Gasteiger partial charge in [0.1, 0.15) is 0 Å². The summed E-state index contributed by atoms with van der Waals surface area (Å²) in [5, 5.41) is 2.04. The van der Waals surface area contributed by atoms with Crippen molar-refractivity contribution in [1.82, 2.24) is 0 Å². The van der Waals surface area contributed by atoms with E-state index in [9.17, 15) is 0 Å². The van der Waals surface area contributed by atoms with Crippen molar-refractivity contribution in [1.29, 1.82) is 0 Å². The highest BCUT2D eigenvalue weighted by molar-refractivity contribution is 7.10. The molecule has 1 radical (unpaired) electrons. The summed E-state index contributed by atoms with van der Waals surface area (Å²) in [4.78, 5) is 1.53. The molecule has 0 bridgehead atoms. The predicted molar refractivity (Wildman–Crippen MR) is 35.1 cm³/mol. The van der Waals surface area contributed by atoms with E-state index in [2.05, 4.69) is 12.1 Å². The third-order valence-electron chi connectivity index (χ3n) is 1.47. The lowest BCUT2D eigenvalue weighted by Crippen LogP contribution is -1.62. The Hall–Kier alpha value is -0.300. The minimum atomic E-state index is 0.922. The molecule has 1 fully saturated rings. The van der Waals surface area contributed by atoms with Crippen LogP contribution in [0.2, 0.25) is 0 Å². The van der Waals surface area contributed by atoms with Crippen LogP contribution >= 0.6 is 11.3 Å². The van der Waals surface area contributed by atoms with Gasteiger partial charge in [0.15, 0.2) is 0 Å². The maximum absolute atomic E-state index is 3.07. The van der Waals surface area contributed by atoms with Crippen LogP contribution < -0.4 is 0 Å². The molecular weight excluding hydrogens is 116 g/mol. The van der Waals surface area contributed by atoms with Crippen molar-refractivity contribution in [2.75, 3.05) is 0 Å². The van der Waals surface area contributed by atoms with Gasteiger partial charge >= 0.3 is 0 Å². The van der Waals surface area contributed by atoms with Crippen LogP contribution in [0.15, 0.2) is 11.4 Å². The molecule has 0 amide bonds. The highest BCUT2D eigenvalue weighted by atomic mass is 32.1. The molecule has 0 saturated heterocycles. The molecule has 0 aromatic carbocycles. The zero-order chi connectivity index (χ0) is 5.40. The standard InChI is InChI=1S/C7H7S/c1-2-7(8-5-1)6-3-4-6/h2,5-6H,3-4H2. The second kappa shape index (κ2) is 1.59. The molecular formula is C7H7S. The molecule has 0 aliphatic heterocycles. The average Bonchev–Trinajstić information content (AvgIpc) is 2.49. The number of hydrogen-bond acceptors (Lipinski definition) is 1. The maximum atomic E-state index is 3.07. The molecule has 1 aromatic rings. The molecule has 1 aliphatic carbocycles. The van der Waals surface area contributed by atoms with Crippen LogP contribution in [-0.4, -0.2) is 0 Å². The normalized spacial score (nSPS) is 19.0. The maximum Gasteiger partial charge on any atom is 0.00825 e. The summed E-state index contributed by atoms with van der Waals surface area (Å²) in [7, 11) is 0. The zero-order valence-corrected chi connectivity index (χ0v) is 5.37. The summed E-state index contributed by atoms with van der Waals surface area (Å²) in [6.07, 6.45) is 2.82. The van der Waals surface area contributed by atoms with Gasteiger partial charge in [-0.2, -0.15) is 0 Å². The van der Waals surface area contributed by atoms with E-state index in [-0.39, 0.29) is 0 Å². The second-order valence-corrected chi connectivity index (χ2v) is 3.17. The number of rotatable bonds is 1. The Morgan fingerprint density at radius 1 is 1.62 bits per heavy atom. The Bertz CT molecular complexity index is 161. The van der Waals surface area contributed by atoms with E-state index in [1.54, 1.807) is 0 Å². The lowest BCUT2D eigenvalue weighted by Gasteiger charge is -1.82. The van der Waals surface area contributed by atoms with Gasteiger partial charge in [-0.05, 0) is 36.3 Å². The highest BCUT2D eigenvalue weighted by Gasteiger charge is 2.23. The molecule has 2 rings (SSSR count). The predicted octanol–water partition coefficient (Wildman–Crippen LogP) is 2.43. The second-order valence-electron chi connectivity index (χ2n) is 2.22. The van der Waals surface area contributed by atoms with E-state index >= 15 is 0 Å². The molecule has 1 heteroatoms. The first-order valence-corrected chi connectivity index (χ1v) is 3.79. The third-order valence-corrected chi connectivity index (χ3v) is 2.45. The smallest absolute Gasteiger partial charge is 0.00825 e. The van der Waals surface area contributed by atoms with Gasteiger partial charge in [-0.1, -0.05) is 0 Å². The quantitative estimate of drug-likeness (QED) is 0.538. The fourth-order valence-corrected chi connectivity index (χ4v) is 1.67. The first kappa shape index (κ1) is 4.57. The molecule has 1 heterocycles. The van der Waals surface area contributed by atoms with Crippen molar-refractivity contribution in [3.05, 3.63) is 22.4 Å². The van der Waals surface area contributed by atoms with Crippen molar-refractivity contribution >= 4 is 11.3 Å². The van der Waals surface area contributed by atoms with Crippen LogP contribution in [0.5, 0.6) is 0 Å². The highest BCUT2D eigenvalue weighted by Crippen LogP contribution is 2.41. The van der Waals surface area contributed by atoms with Gasteiger partial charge in [-0.15, -0.1) is 11.3 Å². The Morgan fingerprint density at radius 2 is 2.50 bits per heavy atom. The topological polar surface area (TPSA) is 0 Å². The Morgan fingerprint density at radius 3 is 3.00 bits per heavy atom. The zero-order valence-electron chi connectivity index (χ0n) is 4.55. The summed E-state index contributed by atoms with van der Waals surface area (Å²) in [6, 6.07) is 5.18. The minimum absolute atomic E-state index is 0.922. The van der Waals surface area contributed by atoms with Crippen molar-refractivity contribution in [2.45, 2.75) is 18.8 Å². The van der Waals surface area contributed by atoms with Crippen molar-refractivity contribution in [3.63, 3.8) is 0 Å². The number of thiophene rings is 1. The molecule has 0 N–H and O–H groups in total. The largest absolute Gasteiger partial charge is 0.148 e. The minimum Gasteiger partial charge on any atom is -0.148 e. The molecule has 1 aliphatic rings. The van der Waals surface area contributed by atoms with Crippen LogP contribution in [0.4, 0.5) is 0 Å². The summed E-state index contributed by atoms with van der Waals surface area (Å²) in [5.74, 6) is 0.922. The van der Waals surface area contributed by atoms with Crippen LogP contribution in [0.3, 0.4) is 0 Å². The van der Waals surface area contributed by atoms with E-state index in [0.29, 0.717) is 0 Å². The number of hydrogen-bond donors (Lipinski definition) is 0. The van der Waals surface area contributed by atoms with Gasteiger partial charge in [-0.3, -0.25) is 0 Å². The fourth-order valence-electron chi connectivity index (χ4n) is 0.834.